The van der Waals surface area contributed by atoms with Crippen molar-refractivity contribution in [1.82, 2.24) is 10.5 Å². The highest BCUT2D eigenvalue weighted by atomic mass is 35.5. The van der Waals surface area contributed by atoms with Gasteiger partial charge in [0.15, 0.2) is 0 Å². The molecule has 0 radical (unpaired) electrons. The molecule has 0 unspecified atom stereocenters. The molecule has 0 atom stereocenters. The third kappa shape index (κ3) is 10.9. The van der Waals surface area contributed by atoms with Crippen LogP contribution in [0.3, 0.4) is 0 Å². The van der Waals surface area contributed by atoms with Crippen LogP contribution < -0.4 is 0 Å². The molecule has 0 bridgehead atoms. The Hall–Kier alpha value is 0.0500. The lowest BCUT2D eigenvalue weighted by molar-refractivity contribution is -0.323. The summed E-state index contributed by atoms with van der Waals surface area (Å²) in [5.74, 6) is 0. The largest absolute Gasteiger partial charge is 0.290 e. The second-order valence-corrected chi connectivity index (χ2v) is 1.55. The second-order valence-electron chi connectivity index (χ2n) is 1.55. The highest BCUT2D eigenvalue weighted by molar-refractivity contribution is 5.85. The minimum Gasteiger partial charge on any atom is -0.290 e. The third-order valence-electron chi connectivity index (χ3n) is 0.716. The van der Waals surface area contributed by atoms with E-state index in [4.69, 9.17) is 20.8 Å². The summed E-state index contributed by atoms with van der Waals surface area (Å²) < 4.78 is 0. The smallest absolute Gasteiger partial charge is 0.0526 e. The Labute approximate surface area is 64.1 Å². The summed E-state index contributed by atoms with van der Waals surface area (Å²) in [7, 11) is 0. The number of hydrogen-bond donors (Lipinski definition) is 4. The molecule has 0 amide bonds. The molecule has 0 fully saturated rings. The summed E-state index contributed by atoms with van der Waals surface area (Å²) in [5.41, 5.74) is 0. The maximum Gasteiger partial charge on any atom is 0.0526 e. The van der Waals surface area contributed by atoms with Gasteiger partial charge in [0, 0.05) is 0 Å². The summed E-state index contributed by atoms with van der Waals surface area (Å²) in [6, 6.07) is 0. The second kappa shape index (κ2) is 7.16. The first-order valence-corrected chi connectivity index (χ1v) is 2.43. The lowest BCUT2D eigenvalue weighted by Gasteiger charge is -2.07. The Morgan fingerprint density at radius 1 is 0.800 bits per heavy atom. The topological polar surface area (TPSA) is 87.4 Å². The van der Waals surface area contributed by atoms with E-state index < -0.39 is 0 Å². The van der Waals surface area contributed by atoms with E-state index in [0.717, 1.165) is 0 Å². The summed E-state index contributed by atoms with van der Waals surface area (Å²) >= 11 is 0. The fourth-order valence-corrected chi connectivity index (χ4v) is 0.354. The zero-order valence-electron chi connectivity index (χ0n) is 5.21. The van der Waals surface area contributed by atoms with Gasteiger partial charge in [-0.05, 0) is 6.42 Å². The van der Waals surface area contributed by atoms with Crippen LogP contribution in [0.1, 0.15) is 6.42 Å². The molecule has 0 aliphatic rings. The molecule has 64 valence electrons. The van der Waals surface area contributed by atoms with Crippen molar-refractivity contribution in [3.63, 3.8) is 0 Å². The molecule has 4 N–H and O–H groups in total. The van der Waals surface area contributed by atoms with Crippen molar-refractivity contribution in [2.75, 3.05) is 13.1 Å². The van der Waals surface area contributed by atoms with Crippen molar-refractivity contribution < 1.29 is 20.8 Å². The predicted octanol–water partition coefficient (Wildman–Crippen LogP) is -0.0409. The standard InChI is InChI=1S/C3H10N2O4.ClH/c6-4(7)2-1-3-5(8)9;/h6-9H,1-3H2;1H. The Balaban J connectivity index is 0. The summed E-state index contributed by atoms with van der Waals surface area (Å²) in [5, 5.41) is 32.3. The number of hydrogen-bond acceptors (Lipinski definition) is 6. The average Bonchev–Trinajstić information content (AvgIpc) is 1.63. The van der Waals surface area contributed by atoms with E-state index in [1.807, 2.05) is 0 Å². The quantitative estimate of drug-likeness (QED) is 0.448. The van der Waals surface area contributed by atoms with Crippen LogP contribution in [0, 0.1) is 0 Å². The van der Waals surface area contributed by atoms with Crippen LogP contribution in [-0.2, 0) is 0 Å². The normalized spacial score (nSPS) is 10.2. The van der Waals surface area contributed by atoms with Crippen LogP contribution in [0.15, 0.2) is 0 Å². The van der Waals surface area contributed by atoms with Crippen LogP contribution in [0.2, 0.25) is 0 Å². The number of nitrogens with zero attached hydrogens (tertiary/aromatic N) is 2. The van der Waals surface area contributed by atoms with Gasteiger partial charge in [0.2, 0.25) is 0 Å². The van der Waals surface area contributed by atoms with E-state index in [9.17, 15) is 0 Å². The van der Waals surface area contributed by atoms with Crippen molar-refractivity contribution in [2.45, 2.75) is 6.42 Å². The van der Waals surface area contributed by atoms with Gasteiger partial charge in [-0.2, -0.15) is 0 Å². The molecule has 0 aliphatic carbocycles. The maximum atomic E-state index is 8.07. The van der Waals surface area contributed by atoms with Gasteiger partial charge in [0.25, 0.3) is 0 Å². The number of halogens is 1. The molecule has 0 saturated carbocycles. The van der Waals surface area contributed by atoms with Gasteiger partial charge in [-0.3, -0.25) is 20.8 Å². The summed E-state index contributed by atoms with van der Waals surface area (Å²) in [6.07, 6.45) is 0.264. The zero-order valence-corrected chi connectivity index (χ0v) is 6.03. The van der Waals surface area contributed by atoms with Gasteiger partial charge in [-0.15, -0.1) is 12.4 Å². The van der Waals surface area contributed by atoms with Gasteiger partial charge in [-0.25, -0.2) is 0 Å². The molecular weight excluding hydrogens is 163 g/mol. The van der Waals surface area contributed by atoms with Crippen molar-refractivity contribution in [1.29, 1.82) is 0 Å². The lowest BCUT2D eigenvalue weighted by atomic mass is 10.4. The van der Waals surface area contributed by atoms with E-state index in [1.54, 1.807) is 0 Å². The SMILES string of the molecule is Cl.ON(O)CCCN(O)O. The molecule has 0 spiro atoms. The van der Waals surface area contributed by atoms with Gasteiger partial charge < -0.3 is 0 Å². The van der Waals surface area contributed by atoms with E-state index in [0.29, 0.717) is 0 Å². The predicted molar refractivity (Wildman–Crippen MR) is 32.4 cm³/mol. The Morgan fingerprint density at radius 3 is 1.30 bits per heavy atom. The van der Waals surface area contributed by atoms with Gasteiger partial charge in [-0.1, -0.05) is 10.5 Å². The first kappa shape index (κ1) is 12.7. The van der Waals surface area contributed by atoms with Crippen LogP contribution in [0.25, 0.3) is 0 Å². The Bertz CT molecular complexity index is 63.5. The molecular formula is C3H11ClN2O4. The Morgan fingerprint density at radius 2 is 1.10 bits per heavy atom. The number of rotatable bonds is 4. The van der Waals surface area contributed by atoms with Crippen LogP contribution >= 0.6 is 12.4 Å². The van der Waals surface area contributed by atoms with E-state index >= 15 is 0 Å². The highest BCUT2D eigenvalue weighted by Crippen LogP contribution is 1.83. The van der Waals surface area contributed by atoms with Crippen LogP contribution in [0.4, 0.5) is 0 Å². The number of hydroxylamine groups is 4. The van der Waals surface area contributed by atoms with Crippen molar-refractivity contribution in [3.8, 4) is 0 Å². The van der Waals surface area contributed by atoms with Crippen LogP contribution in [0.5, 0.6) is 0 Å². The van der Waals surface area contributed by atoms with E-state index in [-0.39, 0.29) is 42.4 Å². The van der Waals surface area contributed by atoms with Crippen LogP contribution in [-0.4, -0.2) is 44.4 Å². The van der Waals surface area contributed by atoms with E-state index in [1.165, 1.54) is 0 Å². The fourth-order valence-electron chi connectivity index (χ4n) is 0.354. The summed E-state index contributed by atoms with van der Waals surface area (Å²) in [4.78, 5) is 0. The maximum absolute atomic E-state index is 8.07. The third-order valence-corrected chi connectivity index (χ3v) is 0.716. The fraction of sp³-hybridized carbons (Fsp3) is 1.00. The molecule has 0 rings (SSSR count). The molecule has 0 heterocycles. The lowest BCUT2D eigenvalue weighted by Crippen LogP contribution is -2.21. The van der Waals surface area contributed by atoms with Crippen molar-refractivity contribution >= 4 is 12.4 Å². The molecule has 7 heteroatoms. The van der Waals surface area contributed by atoms with Crippen molar-refractivity contribution in [3.05, 3.63) is 0 Å². The first-order chi connectivity index (χ1) is 4.13. The first-order valence-electron chi connectivity index (χ1n) is 2.43. The molecule has 0 aromatic heterocycles. The molecule has 0 aliphatic heterocycles. The van der Waals surface area contributed by atoms with Gasteiger partial charge in [0.1, 0.15) is 0 Å². The average molecular weight is 175 g/mol. The summed E-state index contributed by atoms with van der Waals surface area (Å²) in [6.45, 7) is -0.0325. The van der Waals surface area contributed by atoms with E-state index in [2.05, 4.69) is 0 Å². The molecule has 6 nitrogen and oxygen atoms in total. The highest BCUT2D eigenvalue weighted by Gasteiger charge is 1.96. The monoisotopic (exact) mass is 174 g/mol. The molecule has 0 aromatic rings. The minimum atomic E-state index is -0.0162. The zero-order chi connectivity index (χ0) is 7.28. The van der Waals surface area contributed by atoms with Crippen molar-refractivity contribution in [2.24, 2.45) is 0 Å². The minimum absolute atomic E-state index is 0. The molecule has 0 saturated heterocycles. The van der Waals surface area contributed by atoms with Gasteiger partial charge >= 0.3 is 0 Å². The molecule has 10 heavy (non-hydrogen) atoms. The van der Waals surface area contributed by atoms with Gasteiger partial charge in [0.05, 0.1) is 13.1 Å². The molecule has 0 aromatic carbocycles. The Kier molecular flexibility index (Phi) is 9.10.